The first-order valence-electron chi connectivity index (χ1n) is 8.52. The van der Waals surface area contributed by atoms with E-state index in [4.69, 9.17) is 0 Å². The highest BCUT2D eigenvalue weighted by molar-refractivity contribution is 7.09. The molecule has 0 aliphatic carbocycles. The third kappa shape index (κ3) is 3.39. The van der Waals surface area contributed by atoms with Crippen molar-refractivity contribution in [2.45, 2.75) is 20.0 Å². The molecule has 2 heterocycles. The number of nitrogens with zero attached hydrogens (tertiary/aromatic N) is 2. The molecule has 0 spiro atoms. The largest absolute Gasteiger partial charge is 0.346 e. The number of aromatic nitrogens is 2. The van der Waals surface area contributed by atoms with E-state index in [0.717, 1.165) is 28.1 Å². The zero-order chi connectivity index (χ0) is 17.9. The molecule has 0 radical (unpaired) electrons. The van der Waals surface area contributed by atoms with Crippen molar-refractivity contribution in [1.29, 1.82) is 0 Å². The van der Waals surface area contributed by atoms with Crippen LogP contribution in [-0.2, 0) is 13.1 Å². The van der Waals surface area contributed by atoms with Crippen LogP contribution in [0.3, 0.4) is 0 Å². The van der Waals surface area contributed by atoms with Crippen LogP contribution in [-0.4, -0.2) is 15.5 Å². The third-order valence-corrected chi connectivity index (χ3v) is 5.15. The van der Waals surface area contributed by atoms with Crippen LogP contribution in [0.5, 0.6) is 0 Å². The van der Waals surface area contributed by atoms with E-state index < -0.39 is 0 Å². The number of carbonyl (C=O) groups is 1. The molecule has 0 atom stereocenters. The minimum atomic E-state index is -0.0707. The summed E-state index contributed by atoms with van der Waals surface area (Å²) in [5.41, 5.74) is 3.86. The fraction of sp³-hybridized carbons (Fsp3) is 0.143. The van der Waals surface area contributed by atoms with Gasteiger partial charge in [0.15, 0.2) is 0 Å². The van der Waals surface area contributed by atoms with Crippen molar-refractivity contribution in [2.75, 3.05) is 0 Å². The Labute approximate surface area is 156 Å². The van der Waals surface area contributed by atoms with Crippen molar-refractivity contribution < 1.29 is 4.79 Å². The second kappa shape index (κ2) is 7.14. The summed E-state index contributed by atoms with van der Waals surface area (Å²) in [5.74, 6) is -0.0707. The summed E-state index contributed by atoms with van der Waals surface area (Å²) in [6.07, 6.45) is 1.94. The molecule has 2 aromatic heterocycles. The first kappa shape index (κ1) is 16.5. The summed E-state index contributed by atoms with van der Waals surface area (Å²) in [6, 6.07) is 18.3. The van der Waals surface area contributed by atoms with Crippen LogP contribution in [0, 0.1) is 6.92 Å². The Kier molecular flexibility index (Phi) is 4.54. The van der Waals surface area contributed by atoms with Gasteiger partial charge in [0.2, 0.25) is 0 Å². The highest BCUT2D eigenvalue weighted by atomic mass is 32.1. The SMILES string of the molecule is Cc1nc(CNC(=O)c2cn(Cc3ccccc3)c3ccccc23)cs1. The van der Waals surface area contributed by atoms with Gasteiger partial charge in [-0.2, -0.15) is 0 Å². The van der Waals surface area contributed by atoms with E-state index in [2.05, 4.69) is 33.1 Å². The number of hydrogen-bond donors (Lipinski definition) is 1. The van der Waals surface area contributed by atoms with E-state index in [-0.39, 0.29) is 5.91 Å². The van der Waals surface area contributed by atoms with Crippen LogP contribution in [0.4, 0.5) is 0 Å². The van der Waals surface area contributed by atoms with E-state index in [1.165, 1.54) is 5.56 Å². The molecule has 0 unspecified atom stereocenters. The smallest absolute Gasteiger partial charge is 0.253 e. The van der Waals surface area contributed by atoms with E-state index in [0.29, 0.717) is 12.1 Å². The number of amides is 1. The first-order valence-corrected chi connectivity index (χ1v) is 9.39. The molecule has 0 saturated carbocycles. The number of hydrogen-bond acceptors (Lipinski definition) is 3. The van der Waals surface area contributed by atoms with Gasteiger partial charge in [0, 0.05) is 29.0 Å². The second-order valence-corrected chi connectivity index (χ2v) is 7.28. The van der Waals surface area contributed by atoms with Gasteiger partial charge < -0.3 is 9.88 Å². The number of para-hydroxylation sites is 1. The molecule has 4 nitrogen and oxygen atoms in total. The fourth-order valence-corrected chi connectivity index (χ4v) is 3.71. The van der Waals surface area contributed by atoms with Crippen molar-refractivity contribution in [3.8, 4) is 0 Å². The van der Waals surface area contributed by atoms with Gasteiger partial charge in [-0.3, -0.25) is 4.79 Å². The maximum atomic E-state index is 12.8. The quantitative estimate of drug-likeness (QED) is 0.573. The summed E-state index contributed by atoms with van der Waals surface area (Å²) in [5, 5.41) is 6.95. The monoisotopic (exact) mass is 361 g/mol. The van der Waals surface area contributed by atoms with Crippen LogP contribution in [0.2, 0.25) is 0 Å². The lowest BCUT2D eigenvalue weighted by molar-refractivity contribution is 0.0952. The topological polar surface area (TPSA) is 46.9 Å². The van der Waals surface area contributed by atoms with Crippen molar-refractivity contribution in [1.82, 2.24) is 14.9 Å². The maximum Gasteiger partial charge on any atom is 0.253 e. The zero-order valence-corrected chi connectivity index (χ0v) is 15.3. The number of aryl methyl sites for hydroxylation is 1. The second-order valence-electron chi connectivity index (χ2n) is 6.21. The lowest BCUT2D eigenvalue weighted by Gasteiger charge is -2.05. The van der Waals surface area contributed by atoms with Crippen LogP contribution in [0.1, 0.15) is 26.6 Å². The average Bonchev–Trinajstić information content (AvgIpc) is 3.25. The Morgan fingerprint density at radius 3 is 2.65 bits per heavy atom. The Morgan fingerprint density at radius 2 is 1.88 bits per heavy atom. The summed E-state index contributed by atoms with van der Waals surface area (Å²) >= 11 is 1.59. The van der Waals surface area contributed by atoms with E-state index >= 15 is 0 Å². The van der Waals surface area contributed by atoms with Gasteiger partial charge in [0.25, 0.3) is 5.91 Å². The Balaban J connectivity index is 1.61. The Morgan fingerprint density at radius 1 is 1.12 bits per heavy atom. The first-order chi connectivity index (χ1) is 12.7. The van der Waals surface area contributed by atoms with Gasteiger partial charge in [-0.1, -0.05) is 48.5 Å². The van der Waals surface area contributed by atoms with E-state index in [1.54, 1.807) is 11.3 Å². The summed E-state index contributed by atoms with van der Waals surface area (Å²) < 4.78 is 2.13. The molecule has 5 heteroatoms. The summed E-state index contributed by atoms with van der Waals surface area (Å²) in [6.45, 7) is 3.15. The summed E-state index contributed by atoms with van der Waals surface area (Å²) in [4.78, 5) is 17.2. The molecular formula is C21H19N3OS. The van der Waals surface area contributed by atoms with Gasteiger partial charge in [0.1, 0.15) is 0 Å². The van der Waals surface area contributed by atoms with Gasteiger partial charge in [-0.25, -0.2) is 4.98 Å². The normalized spacial score (nSPS) is 11.0. The van der Waals surface area contributed by atoms with Crippen molar-refractivity contribution in [3.63, 3.8) is 0 Å². The van der Waals surface area contributed by atoms with Crippen LogP contribution < -0.4 is 5.32 Å². The molecule has 0 saturated heterocycles. The minimum absolute atomic E-state index is 0.0707. The molecule has 0 aliphatic rings. The number of nitrogens with one attached hydrogen (secondary N) is 1. The highest BCUT2D eigenvalue weighted by Gasteiger charge is 2.15. The molecule has 1 N–H and O–H groups in total. The predicted molar refractivity (Wildman–Crippen MR) is 106 cm³/mol. The molecule has 4 aromatic rings. The number of benzene rings is 2. The molecule has 0 bridgehead atoms. The third-order valence-electron chi connectivity index (χ3n) is 4.33. The van der Waals surface area contributed by atoms with Crippen LogP contribution in [0.15, 0.2) is 66.2 Å². The molecule has 0 fully saturated rings. The molecule has 130 valence electrons. The molecule has 2 aromatic carbocycles. The molecule has 4 rings (SSSR count). The van der Waals surface area contributed by atoms with Gasteiger partial charge >= 0.3 is 0 Å². The number of rotatable bonds is 5. The van der Waals surface area contributed by atoms with Crippen LogP contribution in [0.25, 0.3) is 10.9 Å². The highest BCUT2D eigenvalue weighted by Crippen LogP contribution is 2.22. The molecule has 1 amide bonds. The lowest BCUT2D eigenvalue weighted by Crippen LogP contribution is -2.22. The zero-order valence-electron chi connectivity index (χ0n) is 14.5. The van der Waals surface area contributed by atoms with E-state index in [1.807, 2.05) is 54.9 Å². The number of fused-ring (bicyclic) bond motifs is 1. The molecule has 26 heavy (non-hydrogen) atoms. The minimum Gasteiger partial charge on any atom is -0.346 e. The van der Waals surface area contributed by atoms with Crippen molar-refractivity contribution >= 4 is 28.1 Å². The fourth-order valence-electron chi connectivity index (χ4n) is 3.09. The summed E-state index contributed by atoms with van der Waals surface area (Å²) in [7, 11) is 0. The molecular weight excluding hydrogens is 342 g/mol. The van der Waals surface area contributed by atoms with Gasteiger partial charge in [0.05, 0.1) is 22.8 Å². The standard InChI is InChI=1S/C21H19N3OS/c1-15-23-17(14-26-15)11-22-21(25)19-13-24(12-16-7-3-2-4-8-16)20-10-6-5-9-18(19)20/h2-10,13-14H,11-12H2,1H3,(H,22,25). The lowest BCUT2D eigenvalue weighted by atomic mass is 10.1. The van der Waals surface area contributed by atoms with Crippen molar-refractivity contribution in [3.05, 3.63) is 88.0 Å². The van der Waals surface area contributed by atoms with Gasteiger partial charge in [-0.05, 0) is 18.6 Å². The number of thiazole rings is 1. The van der Waals surface area contributed by atoms with Crippen LogP contribution >= 0.6 is 11.3 Å². The molecule has 0 aliphatic heterocycles. The predicted octanol–water partition coefficient (Wildman–Crippen LogP) is 4.38. The Hall–Kier alpha value is -2.92. The average molecular weight is 361 g/mol. The Bertz CT molecular complexity index is 1050. The number of carbonyl (C=O) groups excluding carboxylic acids is 1. The van der Waals surface area contributed by atoms with E-state index in [9.17, 15) is 4.79 Å². The maximum absolute atomic E-state index is 12.8. The van der Waals surface area contributed by atoms with Crippen molar-refractivity contribution in [2.24, 2.45) is 0 Å². The van der Waals surface area contributed by atoms with Gasteiger partial charge in [-0.15, -0.1) is 11.3 Å².